The van der Waals surface area contributed by atoms with E-state index in [4.69, 9.17) is 24.6 Å². The number of alkyl halides is 1. The number of ether oxygens (including phenoxy) is 2. The van der Waals surface area contributed by atoms with Gasteiger partial charge in [-0.2, -0.15) is 8.78 Å². The average Bonchev–Trinajstić information content (AvgIpc) is 3.21. The van der Waals surface area contributed by atoms with Gasteiger partial charge in [-0.05, 0) is 144 Å². The molecule has 2 aromatic rings. The van der Waals surface area contributed by atoms with E-state index in [1.165, 1.54) is 80.1 Å². The van der Waals surface area contributed by atoms with Crippen molar-refractivity contribution in [2.24, 2.45) is 35.5 Å². The van der Waals surface area contributed by atoms with E-state index in [1.807, 2.05) is 12.2 Å². The second kappa shape index (κ2) is 31.1. The molecular formula is C42H57F4INa2O6. The van der Waals surface area contributed by atoms with E-state index in [0.29, 0.717) is 18.4 Å². The van der Waals surface area contributed by atoms with E-state index >= 15 is 0 Å². The molecule has 0 spiro atoms. The van der Waals surface area contributed by atoms with Crippen LogP contribution in [0.4, 0.5) is 17.6 Å². The number of aliphatic hydroxyl groups excluding tert-OH is 1. The predicted octanol–water partition coefficient (Wildman–Crippen LogP) is 4.62. The molecule has 0 saturated heterocycles. The molecule has 3 saturated carbocycles. The van der Waals surface area contributed by atoms with Crippen molar-refractivity contribution in [3.05, 3.63) is 85.5 Å². The Morgan fingerprint density at radius 1 is 0.691 bits per heavy atom. The van der Waals surface area contributed by atoms with Gasteiger partial charge in [-0.1, -0.05) is 40.8 Å². The number of hydrogen-bond acceptors (Lipinski definition) is 6. The maximum Gasteiger partial charge on any atom is 1.00 e. The Labute approximate surface area is 385 Å². The normalized spacial score (nSPS) is 22.7. The van der Waals surface area contributed by atoms with Crippen LogP contribution in [0.3, 0.4) is 0 Å². The molecule has 2 aromatic carbocycles. The minimum atomic E-state index is -1.29. The summed E-state index contributed by atoms with van der Waals surface area (Å²) in [5.41, 5.74) is -0.752. The van der Waals surface area contributed by atoms with Crippen molar-refractivity contribution in [1.82, 2.24) is 0 Å². The summed E-state index contributed by atoms with van der Waals surface area (Å²) in [4.78, 5) is 11.2. The Hall–Kier alpha value is -0.900. The van der Waals surface area contributed by atoms with Crippen LogP contribution in [-0.4, -0.2) is 35.8 Å². The molecule has 0 heterocycles. The van der Waals surface area contributed by atoms with E-state index in [2.05, 4.69) is 53.3 Å². The Morgan fingerprint density at radius 3 is 1.38 bits per heavy atom. The number of aliphatic hydroxyl groups is 1. The minimum Gasteiger partial charge on any atom is -1.00 e. The summed E-state index contributed by atoms with van der Waals surface area (Å²) in [7, 11) is 0. The summed E-state index contributed by atoms with van der Waals surface area (Å²) in [5.74, 6) is -1.60. The number of hydrogen-bond donors (Lipinski definition) is 1. The maximum atomic E-state index is 14.6. The van der Waals surface area contributed by atoms with Gasteiger partial charge in [-0.3, -0.25) is 4.79 Å². The Kier molecular flexibility index (Phi) is 30.6. The van der Waals surface area contributed by atoms with Crippen molar-refractivity contribution in [3.63, 3.8) is 0 Å². The molecule has 0 unspecified atom stereocenters. The first-order valence-corrected chi connectivity index (χ1v) is 20.1. The fraction of sp³-hybridized carbons (Fsp3) is 0.548. The van der Waals surface area contributed by atoms with Crippen LogP contribution in [0.5, 0.6) is 11.5 Å². The molecule has 0 atom stereocenters. The van der Waals surface area contributed by atoms with Crippen LogP contribution in [0.25, 0.3) is 11.1 Å². The first-order chi connectivity index (χ1) is 25.6. The molecule has 6 nitrogen and oxygen atoms in total. The van der Waals surface area contributed by atoms with Crippen LogP contribution in [0, 0.1) is 58.8 Å². The van der Waals surface area contributed by atoms with E-state index in [0.717, 1.165) is 43.4 Å². The van der Waals surface area contributed by atoms with Crippen molar-refractivity contribution in [3.8, 4) is 22.6 Å². The molecule has 3 fully saturated rings. The smallest absolute Gasteiger partial charge is 1.00 e. The zero-order chi connectivity index (χ0) is 39.2. The van der Waals surface area contributed by atoms with Crippen LogP contribution in [-0.2, 0) is 9.68 Å². The SMILES string of the molecule is C=CC1CCC(CI)CC1.C=CC1CCC(CO)CC1.C=CC1CCC(COc2ccc(-c3ccc(OCC)c(F)c3F)c(F)c2F)CC1.O=CO[O-].[H-].[Na+].[Na+]. The maximum absolute atomic E-state index is 14.6. The van der Waals surface area contributed by atoms with Crippen molar-refractivity contribution in [1.29, 1.82) is 0 Å². The Balaban J connectivity index is 0. The average molecular weight is 907 g/mol. The third kappa shape index (κ3) is 18.7. The second-order valence-electron chi connectivity index (χ2n) is 13.8. The van der Waals surface area contributed by atoms with E-state index in [-0.39, 0.29) is 109 Å². The Morgan fingerprint density at radius 2 is 1.05 bits per heavy atom. The summed E-state index contributed by atoms with van der Waals surface area (Å²) < 4.78 is 69.3. The fourth-order valence-electron chi connectivity index (χ4n) is 6.84. The van der Waals surface area contributed by atoms with E-state index in [9.17, 15) is 17.6 Å². The first kappa shape index (κ1) is 54.1. The summed E-state index contributed by atoms with van der Waals surface area (Å²) >= 11 is 2.50. The van der Waals surface area contributed by atoms with Crippen molar-refractivity contribution >= 4 is 29.1 Å². The van der Waals surface area contributed by atoms with Gasteiger partial charge in [0.15, 0.2) is 23.1 Å². The van der Waals surface area contributed by atoms with Gasteiger partial charge in [0.25, 0.3) is 6.47 Å². The topological polar surface area (TPSA) is 88.0 Å². The van der Waals surface area contributed by atoms with Gasteiger partial charge in [-0.25, -0.2) is 8.78 Å². The molecule has 298 valence electrons. The van der Waals surface area contributed by atoms with Crippen LogP contribution < -0.4 is 73.8 Å². The molecule has 3 aliphatic carbocycles. The predicted molar refractivity (Wildman–Crippen MR) is 210 cm³/mol. The molecule has 55 heavy (non-hydrogen) atoms. The van der Waals surface area contributed by atoms with Crippen LogP contribution in [0.1, 0.15) is 85.4 Å². The molecule has 5 rings (SSSR count). The number of carbonyl (C=O) groups is 1. The summed E-state index contributed by atoms with van der Waals surface area (Å²) in [6.45, 7) is 13.7. The van der Waals surface area contributed by atoms with Crippen LogP contribution in [0.2, 0.25) is 0 Å². The zero-order valence-electron chi connectivity index (χ0n) is 33.9. The van der Waals surface area contributed by atoms with Gasteiger partial charge in [0.1, 0.15) is 0 Å². The molecule has 0 amide bonds. The summed E-state index contributed by atoms with van der Waals surface area (Å²) in [6.07, 6.45) is 20.5. The van der Waals surface area contributed by atoms with Gasteiger partial charge in [0.2, 0.25) is 11.6 Å². The fourth-order valence-corrected chi connectivity index (χ4v) is 7.72. The number of halogens is 5. The van der Waals surface area contributed by atoms with Gasteiger partial charge in [0, 0.05) is 22.2 Å². The van der Waals surface area contributed by atoms with E-state index in [1.54, 1.807) is 6.92 Å². The number of allylic oxidation sites excluding steroid dienone is 3. The van der Waals surface area contributed by atoms with Crippen LogP contribution in [0.15, 0.2) is 62.2 Å². The summed E-state index contributed by atoms with van der Waals surface area (Å²) in [5, 5.41) is 17.3. The number of carbonyl (C=O) groups excluding carboxylic acids is 1. The van der Waals surface area contributed by atoms with E-state index < -0.39 is 23.3 Å². The zero-order valence-corrected chi connectivity index (χ0v) is 39.1. The van der Waals surface area contributed by atoms with Gasteiger partial charge >= 0.3 is 59.1 Å². The number of rotatable bonds is 12. The van der Waals surface area contributed by atoms with Crippen LogP contribution >= 0.6 is 22.6 Å². The number of benzene rings is 2. The summed E-state index contributed by atoms with van der Waals surface area (Å²) in [6, 6.07) is 4.80. The third-order valence-corrected chi connectivity index (χ3v) is 11.6. The van der Waals surface area contributed by atoms with Crippen molar-refractivity contribution < 1.29 is 108 Å². The quantitative estimate of drug-likeness (QED) is 0.0490. The van der Waals surface area contributed by atoms with Gasteiger partial charge in [0.05, 0.1) is 13.2 Å². The monoisotopic (exact) mass is 906 g/mol. The molecule has 13 heteroatoms. The molecule has 3 aliphatic rings. The van der Waals surface area contributed by atoms with Crippen molar-refractivity contribution in [2.75, 3.05) is 24.2 Å². The molecule has 0 radical (unpaired) electrons. The molecular weight excluding hydrogens is 849 g/mol. The van der Waals surface area contributed by atoms with Gasteiger partial charge in [-0.15, -0.1) is 19.7 Å². The Bertz CT molecular complexity index is 1380. The minimum absolute atomic E-state index is 0. The van der Waals surface area contributed by atoms with Crippen molar-refractivity contribution in [2.45, 2.75) is 84.0 Å². The molecule has 1 N–H and O–H groups in total. The second-order valence-corrected chi connectivity index (χ2v) is 14.7. The third-order valence-electron chi connectivity index (χ3n) is 10.3. The molecule has 0 bridgehead atoms. The largest absolute Gasteiger partial charge is 1.00 e. The first-order valence-electron chi connectivity index (χ1n) is 18.6. The molecule has 0 aromatic heterocycles. The molecule has 0 aliphatic heterocycles. The standard InChI is InChI=1S/C23H24F4O2.C9H15I.C9H16O.CH2O3.2Na.H/c1-3-14-5-7-15(8-6-14)13-29-19-12-10-17(21(25)23(19)27)16-9-11-18(28-4-2)22(26)20(16)24;2*1-2-8-3-5-9(7-10)6-4-8;2-1-4-3;;;/h3,9-12,14-15H,1,4-8,13H2,2H3;2,8-9H,1,3-7H2;2,8-10H,1,3-7H2;1,3H;;;/q;;;;2*+1;-1/p-1. The van der Waals surface area contributed by atoms with Gasteiger partial charge < -0.3 is 26.2 Å².